The molecule has 2 aromatic carbocycles. The van der Waals surface area contributed by atoms with Crippen molar-refractivity contribution in [2.45, 2.75) is 31.9 Å². The Morgan fingerprint density at radius 1 is 1.23 bits per heavy atom. The number of nitrogens with zero attached hydrogens (tertiary/aromatic N) is 1. The van der Waals surface area contributed by atoms with Gasteiger partial charge in [-0.25, -0.2) is 4.39 Å². The number of carbonyl (C=O) groups is 1. The standard InChI is InChI=1S/C25H22FNO2S2/c26-18-6-3-5-16(11-18)14-27-15-17(20-8-1-2-9-22(20)27)12-23-24(28)21(25(30)31-23)13-19-7-4-10-29-19/h1-3,5-6,8-9,11-12,15,19,21H,4,7,10,13-14H2. The molecule has 6 heteroatoms. The molecule has 0 spiro atoms. The first-order chi connectivity index (χ1) is 15.1. The molecule has 2 unspecified atom stereocenters. The van der Waals surface area contributed by atoms with Crippen LogP contribution in [0.4, 0.5) is 4.39 Å². The van der Waals surface area contributed by atoms with E-state index in [1.807, 2.05) is 36.5 Å². The molecule has 0 radical (unpaired) electrons. The Morgan fingerprint density at radius 3 is 2.90 bits per heavy atom. The first-order valence-corrected chi connectivity index (χ1v) is 11.7. The van der Waals surface area contributed by atoms with Crippen LogP contribution in [0.25, 0.3) is 17.0 Å². The van der Waals surface area contributed by atoms with E-state index in [1.54, 1.807) is 12.1 Å². The summed E-state index contributed by atoms with van der Waals surface area (Å²) in [4.78, 5) is 13.8. The second kappa shape index (κ2) is 8.69. The van der Waals surface area contributed by atoms with Crippen LogP contribution in [-0.4, -0.2) is 27.3 Å². The minimum atomic E-state index is -0.241. The normalized spacial score (nSPS) is 22.8. The average Bonchev–Trinajstić information content (AvgIpc) is 3.45. The molecule has 31 heavy (non-hydrogen) atoms. The molecule has 1 aromatic heterocycles. The van der Waals surface area contributed by atoms with Crippen molar-refractivity contribution in [3.8, 4) is 0 Å². The van der Waals surface area contributed by atoms with Crippen molar-refractivity contribution in [2.24, 2.45) is 5.92 Å². The third-order valence-corrected chi connectivity index (χ3v) is 7.48. The number of Topliss-reactive ketones (excluding diaryl/α,β-unsaturated/α-hetero) is 1. The summed E-state index contributed by atoms with van der Waals surface area (Å²) in [6.45, 7) is 1.33. The third-order valence-electron chi connectivity index (χ3n) is 5.92. The molecule has 0 saturated carbocycles. The predicted octanol–water partition coefficient (Wildman–Crippen LogP) is 6.00. The SMILES string of the molecule is O=C1C(=Cc2cn(Cc3cccc(F)c3)c3ccccc23)SC(=S)C1CC1CCCO1. The number of aromatic nitrogens is 1. The van der Waals surface area contributed by atoms with E-state index < -0.39 is 0 Å². The van der Waals surface area contributed by atoms with Gasteiger partial charge in [0, 0.05) is 35.8 Å². The van der Waals surface area contributed by atoms with Crippen LogP contribution in [0.3, 0.4) is 0 Å². The minimum absolute atomic E-state index is 0.104. The maximum atomic E-state index is 13.6. The van der Waals surface area contributed by atoms with Gasteiger partial charge in [0.05, 0.1) is 21.1 Å². The first-order valence-electron chi connectivity index (χ1n) is 10.5. The van der Waals surface area contributed by atoms with Gasteiger partial charge in [-0.15, -0.1) is 0 Å². The quantitative estimate of drug-likeness (QED) is 0.352. The Bertz CT molecular complexity index is 1190. The Hall–Kier alpha value is -2.28. The number of hydrogen-bond acceptors (Lipinski definition) is 4. The van der Waals surface area contributed by atoms with Crippen LogP contribution in [0, 0.1) is 11.7 Å². The van der Waals surface area contributed by atoms with Gasteiger partial charge in [-0.3, -0.25) is 4.79 Å². The zero-order valence-electron chi connectivity index (χ0n) is 16.9. The van der Waals surface area contributed by atoms with E-state index in [-0.39, 0.29) is 23.6 Å². The topological polar surface area (TPSA) is 31.2 Å². The zero-order chi connectivity index (χ0) is 21.4. The lowest BCUT2D eigenvalue weighted by molar-refractivity contribution is -0.117. The smallest absolute Gasteiger partial charge is 0.178 e. The summed E-state index contributed by atoms with van der Waals surface area (Å²) < 4.78 is 22.2. The molecular weight excluding hydrogens is 429 g/mol. The number of thiocarbonyl (C=S) groups is 1. The monoisotopic (exact) mass is 451 g/mol. The van der Waals surface area contributed by atoms with Crippen LogP contribution in [-0.2, 0) is 16.1 Å². The summed E-state index contributed by atoms with van der Waals surface area (Å²) in [6, 6.07) is 14.7. The summed E-state index contributed by atoms with van der Waals surface area (Å²) in [6.07, 6.45) is 6.87. The fourth-order valence-electron chi connectivity index (χ4n) is 4.40. The lowest BCUT2D eigenvalue weighted by Gasteiger charge is -2.12. The molecule has 0 bridgehead atoms. The number of rotatable bonds is 5. The fourth-order valence-corrected chi connectivity index (χ4v) is 5.86. The number of benzene rings is 2. The Morgan fingerprint density at radius 2 is 2.10 bits per heavy atom. The van der Waals surface area contributed by atoms with E-state index in [0.717, 1.165) is 45.7 Å². The van der Waals surface area contributed by atoms with Crippen molar-refractivity contribution in [1.29, 1.82) is 0 Å². The van der Waals surface area contributed by atoms with E-state index in [4.69, 9.17) is 17.0 Å². The molecule has 2 aliphatic heterocycles. The summed E-state index contributed by atoms with van der Waals surface area (Å²) >= 11 is 6.96. The van der Waals surface area contributed by atoms with Gasteiger partial charge in [-0.1, -0.05) is 54.3 Å². The highest BCUT2D eigenvalue weighted by Crippen LogP contribution is 2.40. The van der Waals surface area contributed by atoms with E-state index >= 15 is 0 Å². The molecule has 2 aliphatic rings. The molecule has 0 N–H and O–H groups in total. The summed E-state index contributed by atoms with van der Waals surface area (Å²) in [5.41, 5.74) is 2.92. The Labute approximate surface area is 190 Å². The second-order valence-electron chi connectivity index (χ2n) is 8.08. The number of para-hydroxylation sites is 1. The van der Waals surface area contributed by atoms with Gasteiger partial charge in [0.15, 0.2) is 5.78 Å². The van der Waals surface area contributed by atoms with Gasteiger partial charge in [-0.2, -0.15) is 0 Å². The summed E-state index contributed by atoms with van der Waals surface area (Å²) in [7, 11) is 0. The van der Waals surface area contributed by atoms with E-state index in [2.05, 4.69) is 10.6 Å². The number of ketones is 1. The van der Waals surface area contributed by atoms with Crippen LogP contribution >= 0.6 is 24.0 Å². The molecule has 5 rings (SSSR count). The van der Waals surface area contributed by atoms with Gasteiger partial charge in [0.2, 0.25) is 0 Å². The fraction of sp³-hybridized carbons (Fsp3) is 0.280. The lowest BCUT2D eigenvalue weighted by atomic mass is 9.96. The average molecular weight is 452 g/mol. The number of allylic oxidation sites excluding steroid dienone is 1. The largest absolute Gasteiger partial charge is 0.378 e. The van der Waals surface area contributed by atoms with Crippen LogP contribution in [0.15, 0.2) is 59.6 Å². The molecular formula is C25H22FNO2S2. The molecule has 0 amide bonds. The van der Waals surface area contributed by atoms with Gasteiger partial charge in [-0.05, 0) is 49.1 Å². The zero-order valence-corrected chi connectivity index (χ0v) is 18.6. The highest BCUT2D eigenvalue weighted by atomic mass is 32.2. The van der Waals surface area contributed by atoms with Crippen LogP contribution < -0.4 is 0 Å². The third kappa shape index (κ3) is 4.25. The van der Waals surface area contributed by atoms with Gasteiger partial charge >= 0.3 is 0 Å². The van der Waals surface area contributed by atoms with Crippen molar-refractivity contribution < 1.29 is 13.9 Å². The number of ether oxygens (including phenoxy) is 1. The minimum Gasteiger partial charge on any atom is -0.378 e. The van der Waals surface area contributed by atoms with Crippen molar-refractivity contribution >= 4 is 50.9 Å². The summed E-state index contributed by atoms with van der Waals surface area (Å²) in [5.74, 6) is -0.377. The Balaban J connectivity index is 1.45. The molecule has 3 aromatic rings. The number of carbonyl (C=O) groups excluding carboxylic acids is 1. The molecule has 3 heterocycles. The molecule has 2 saturated heterocycles. The molecule has 158 valence electrons. The highest BCUT2D eigenvalue weighted by molar-refractivity contribution is 8.27. The van der Waals surface area contributed by atoms with Gasteiger partial charge in [0.1, 0.15) is 5.82 Å². The van der Waals surface area contributed by atoms with Gasteiger partial charge in [0.25, 0.3) is 0 Å². The van der Waals surface area contributed by atoms with Gasteiger partial charge < -0.3 is 9.30 Å². The van der Waals surface area contributed by atoms with Crippen LogP contribution in [0.5, 0.6) is 0 Å². The first kappa shape index (κ1) is 20.6. The van der Waals surface area contributed by atoms with E-state index in [9.17, 15) is 9.18 Å². The number of halogens is 1. The van der Waals surface area contributed by atoms with Crippen LogP contribution in [0.1, 0.15) is 30.4 Å². The van der Waals surface area contributed by atoms with E-state index in [1.165, 1.54) is 17.8 Å². The van der Waals surface area contributed by atoms with Crippen molar-refractivity contribution in [3.63, 3.8) is 0 Å². The molecule has 2 fully saturated rings. The number of thioether (sulfide) groups is 1. The molecule has 0 aliphatic carbocycles. The maximum absolute atomic E-state index is 13.6. The second-order valence-corrected chi connectivity index (χ2v) is 9.86. The number of fused-ring (bicyclic) bond motifs is 1. The van der Waals surface area contributed by atoms with Crippen molar-refractivity contribution in [2.75, 3.05) is 6.61 Å². The predicted molar refractivity (Wildman–Crippen MR) is 128 cm³/mol. The molecule has 3 nitrogen and oxygen atoms in total. The number of hydrogen-bond donors (Lipinski definition) is 0. The molecule has 2 atom stereocenters. The Kier molecular flexibility index (Phi) is 5.78. The van der Waals surface area contributed by atoms with E-state index in [0.29, 0.717) is 17.9 Å². The highest BCUT2D eigenvalue weighted by Gasteiger charge is 2.37. The lowest BCUT2D eigenvalue weighted by Crippen LogP contribution is -2.20. The summed E-state index contributed by atoms with van der Waals surface area (Å²) in [5, 5.41) is 1.06. The van der Waals surface area contributed by atoms with Crippen LogP contribution in [0.2, 0.25) is 0 Å². The van der Waals surface area contributed by atoms with Crippen molar-refractivity contribution in [3.05, 3.63) is 76.6 Å². The maximum Gasteiger partial charge on any atom is 0.178 e. The van der Waals surface area contributed by atoms with Crippen molar-refractivity contribution in [1.82, 2.24) is 4.57 Å².